The highest BCUT2D eigenvalue weighted by Gasteiger charge is 2.12. The smallest absolute Gasteiger partial charge is 0.124 e. The fourth-order valence-corrected chi connectivity index (χ4v) is 2.60. The Morgan fingerprint density at radius 3 is 2.53 bits per heavy atom. The van der Waals surface area contributed by atoms with Crippen molar-refractivity contribution in [1.29, 1.82) is 0 Å². The topological polar surface area (TPSA) is 20.2 Å². The molecular formula is C17H13ClO. The van der Waals surface area contributed by atoms with Crippen molar-refractivity contribution in [3.63, 3.8) is 0 Å². The summed E-state index contributed by atoms with van der Waals surface area (Å²) < 4.78 is 0. The van der Waals surface area contributed by atoms with E-state index in [4.69, 9.17) is 11.6 Å². The van der Waals surface area contributed by atoms with Crippen LogP contribution in [0.2, 0.25) is 5.02 Å². The average Bonchev–Trinajstić information content (AvgIpc) is 2.43. The number of phenols is 1. The first-order chi connectivity index (χ1) is 9.18. The molecule has 0 saturated heterocycles. The number of rotatable bonds is 1. The minimum Gasteiger partial charge on any atom is -0.507 e. The number of hydrogen-bond acceptors (Lipinski definition) is 1. The van der Waals surface area contributed by atoms with Crippen LogP contribution in [0.15, 0.2) is 54.6 Å². The van der Waals surface area contributed by atoms with Crippen molar-refractivity contribution in [1.82, 2.24) is 0 Å². The fourth-order valence-electron chi connectivity index (χ4n) is 2.42. The summed E-state index contributed by atoms with van der Waals surface area (Å²) in [4.78, 5) is 0. The molecule has 0 heterocycles. The van der Waals surface area contributed by atoms with E-state index in [0.29, 0.717) is 5.02 Å². The molecule has 0 bridgehead atoms. The molecular weight excluding hydrogens is 256 g/mol. The van der Waals surface area contributed by atoms with Crippen LogP contribution >= 0.6 is 11.6 Å². The number of fused-ring (bicyclic) bond motifs is 1. The normalized spacial score (nSPS) is 10.8. The third kappa shape index (κ3) is 1.96. The molecule has 3 aromatic rings. The van der Waals surface area contributed by atoms with Gasteiger partial charge >= 0.3 is 0 Å². The fraction of sp³-hybridized carbons (Fsp3) is 0.0588. The van der Waals surface area contributed by atoms with Crippen LogP contribution in [0.5, 0.6) is 5.75 Å². The van der Waals surface area contributed by atoms with E-state index in [-0.39, 0.29) is 5.75 Å². The van der Waals surface area contributed by atoms with Gasteiger partial charge in [-0.3, -0.25) is 0 Å². The van der Waals surface area contributed by atoms with Crippen molar-refractivity contribution in [3.8, 4) is 16.9 Å². The van der Waals surface area contributed by atoms with Crippen LogP contribution in [0.4, 0.5) is 0 Å². The lowest BCUT2D eigenvalue weighted by Gasteiger charge is -2.12. The summed E-state index contributed by atoms with van der Waals surface area (Å²) in [6.45, 7) is 1.97. The van der Waals surface area contributed by atoms with Gasteiger partial charge in [0.25, 0.3) is 0 Å². The average molecular weight is 269 g/mol. The predicted molar refractivity (Wildman–Crippen MR) is 80.8 cm³/mol. The zero-order chi connectivity index (χ0) is 13.4. The molecule has 2 heteroatoms. The molecule has 3 rings (SSSR count). The largest absolute Gasteiger partial charge is 0.507 e. The third-order valence-corrected chi connectivity index (χ3v) is 3.85. The van der Waals surface area contributed by atoms with Crippen molar-refractivity contribution in [2.75, 3.05) is 0 Å². The van der Waals surface area contributed by atoms with Crippen LogP contribution in [0, 0.1) is 6.92 Å². The minimum absolute atomic E-state index is 0.282. The van der Waals surface area contributed by atoms with E-state index in [0.717, 1.165) is 27.5 Å². The van der Waals surface area contributed by atoms with Crippen LogP contribution in [0.25, 0.3) is 21.9 Å². The molecule has 0 atom stereocenters. The second-order valence-electron chi connectivity index (χ2n) is 4.59. The minimum atomic E-state index is 0.282. The van der Waals surface area contributed by atoms with E-state index in [2.05, 4.69) is 0 Å². The molecule has 0 aliphatic rings. The number of halogens is 1. The maximum atomic E-state index is 10.2. The Hall–Kier alpha value is -1.99. The first-order valence-corrected chi connectivity index (χ1v) is 6.52. The standard InChI is InChI=1S/C17H13ClO/c1-11-13(7-4-8-15(11)18)17-14-6-3-2-5-12(14)9-10-16(17)19/h2-10,19H,1H3. The van der Waals surface area contributed by atoms with E-state index in [1.165, 1.54) is 0 Å². The SMILES string of the molecule is Cc1c(Cl)cccc1-c1c(O)ccc2ccccc12. The summed E-state index contributed by atoms with van der Waals surface area (Å²) in [6.07, 6.45) is 0. The Kier molecular flexibility index (Phi) is 2.92. The zero-order valence-corrected chi connectivity index (χ0v) is 11.3. The van der Waals surface area contributed by atoms with Crippen molar-refractivity contribution in [3.05, 3.63) is 65.2 Å². The zero-order valence-electron chi connectivity index (χ0n) is 10.5. The number of phenolic OH excluding ortho intramolecular Hbond substituents is 1. The highest BCUT2D eigenvalue weighted by molar-refractivity contribution is 6.31. The summed E-state index contributed by atoms with van der Waals surface area (Å²) in [6, 6.07) is 17.4. The van der Waals surface area contributed by atoms with E-state index in [1.807, 2.05) is 55.5 Å². The molecule has 0 fully saturated rings. The Morgan fingerprint density at radius 2 is 1.68 bits per heavy atom. The highest BCUT2D eigenvalue weighted by Crippen LogP contribution is 2.39. The number of benzene rings is 3. The van der Waals surface area contributed by atoms with E-state index in [9.17, 15) is 5.11 Å². The van der Waals surface area contributed by atoms with Gasteiger partial charge in [-0.2, -0.15) is 0 Å². The molecule has 3 aromatic carbocycles. The molecule has 0 spiro atoms. The van der Waals surface area contributed by atoms with E-state index >= 15 is 0 Å². The van der Waals surface area contributed by atoms with Crippen LogP contribution in [0.3, 0.4) is 0 Å². The quantitative estimate of drug-likeness (QED) is 0.645. The summed E-state index contributed by atoms with van der Waals surface area (Å²) in [7, 11) is 0. The van der Waals surface area contributed by atoms with Gasteiger partial charge in [-0.15, -0.1) is 0 Å². The molecule has 19 heavy (non-hydrogen) atoms. The molecule has 0 aliphatic carbocycles. The van der Waals surface area contributed by atoms with Crippen molar-refractivity contribution in [2.24, 2.45) is 0 Å². The van der Waals surface area contributed by atoms with Gasteiger partial charge in [0.15, 0.2) is 0 Å². The third-order valence-electron chi connectivity index (χ3n) is 3.44. The van der Waals surface area contributed by atoms with E-state index in [1.54, 1.807) is 6.07 Å². The maximum absolute atomic E-state index is 10.2. The highest BCUT2D eigenvalue weighted by atomic mass is 35.5. The predicted octanol–water partition coefficient (Wildman–Crippen LogP) is 5.17. The van der Waals surface area contributed by atoms with Crippen LogP contribution in [-0.4, -0.2) is 5.11 Å². The van der Waals surface area contributed by atoms with Crippen molar-refractivity contribution in [2.45, 2.75) is 6.92 Å². The van der Waals surface area contributed by atoms with Gasteiger partial charge in [0.2, 0.25) is 0 Å². The molecule has 0 radical (unpaired) electrons. The van der Waals surface area contributed by atoms with Gasteiger partial charge in [0, 0.05) is 10.6 Å². The lowest BCUT2D eigenvalue weighted by molar-refractivity contribution is 0.478. The summed E-state index contributed by atoms with van der Waals surface area (Å²) in [5, 5.41) is 13.1. The van der Waals surface area contributed by atoms with Gasteiger partial charge < -0.3 is 5.11 Å². The lowest BCUT2D eigenvalue weighted by Crippen LogP contribution is -1.87. The molecule has 94 valence electrons. The Balaban J connectivity index is 2.42. The number of aromatic hydroxyl groups is 1. The van der Waals surface area contributed by atoms with Crippen molar-refractivity contribution >= 4 is 22.4 Å². The molecule has 0 unspecified atom stereocenters. The van der Waals surface area contributed by atoms with Gasteiger partial charge in [-0.1, -0.05) is 54.1 Å². The molecule has 1 N–H and O–H groups in total. The molecule has 0 aliphatic heterocycles. The summed E-state index contributed by atoms with van der Waals surface area (Å²) in [5.74, 6) is 0.282. The first-order valence-electron chi connectivity index (χ1n) is 6.14. The van der Waals surface area contributed by atoms with Crippen molar-refractivity contribution < 1.29 is 5.11 Å². The molecule has 0 aromatic heterocycles. The molecule has 0 amide bonds. The monoisotopic (exact) mass is 268 g/mol. The van der Waals surface area contributed by atoms with Gasteiger partial charge in [-0.05, 0) is 41.0 Å². The second kappa shape index (κ2) is 4.60. The number of hydrogen-bond donors (Lipinski definition) is 1. The molecule has 1 nitrogen and oxygen atoms in total. The van der Waals surface area contributed by atoms with Gasteiger partial charge in [-0.25, -0.2) is 0 Å². The van der Waals surface area contributed by atoms with Gasteiger partial charge in [0.05, 0.1) is 0 Å². The Bertz CT molecular complexity index is 762. The first kappa shape index (κ1) is 12.1. The lowest BCUT2D eigenvalue weighted by atomic mass is 9.94. The second-order valence-corrected chi connectivity index (χ2v) is 5.00. The van der Waals surface area contributed by atoms with Crippen LogP contribution in [-0.2, 0) is 0 Å². The molecule has 0 saturated carbocycles. The Morgan fingerprint density at radius 1 is 0.895 bits per heavy atom. The summed E-state index contributed by atoms with van der Waals surface area (Å²) >= 11 is 6.19. The van der Waals surface area contributed by atoms with Gasteiger partial charge in [0.1, 0.15) is 5.75 Å². The van der Waals surface area contributed by atoms with Crippen LogP contribution in [0.1, 0.15) is 5.56 Å². The summed E-state index contributed by atoms with van der Waals surface area (Å²) in [5.41, 5.74) is 2.80. The maximum Gasteiger partial charge on any atom is 0.124 e. The van der Waals surface area contributed by atoms with E-state index < -0.39 is 0 Å². The van der Waals surface area contributed by atoms with Crippen LogP contribution < -0.4 is 0 Å². The Labute approximate surface area is 117 Å².